The van der Waals surface area contributed by atoms with Crippen LogP contribution in [-0.2, 0) is 20.9 Å². The number of carbonyl (C=O) groups is 4. The maximum absolute atomic E-state index is 13.8. The maximum Gasteiger partial charge on any atom is 0.237 e. The number of ether oxygens (including phenoxy) is 1. The van der Waals surface area contributed by atoms with Crippen molar-refractivity contribution in [1.82, 2.24) is 4.90 Å². The van der Waals surface area contributed by atoms with E-state index in [0.717, 1.165) is 10.5 Å². The Balaban J connectivity index is 1.48. The van der Waals surface area contributed by atoms with Gasteiger partial charge in [0.2, 0.25) is 29.0 Å². The monoisotopic (exact) mass is 485 g/mol. The molecule has 1 aliphatic carbocycles. The van der Waals surface area contributed by atoms with Crippen LogP contribution in [0.15, 0.2) is 72.8 Å². The van der Waals surface area contributed by atoms with Crippen molar-refractivity contribution < 1.29 is 23.9 Å². The number of rotatable bonds is 3. The SMILES string of the molecule is Cc1ccc([C@@H]2OC3(C(=O)c4ccccc4C3=O)[C@@H]3C(=O)N(Cc4ccc(Cl)cc4)C(=O)[C@H]32)cc1. The molecule has 0 radical (unpaired) electrons. The summed E-state index contributed by atoms with van der Waals surface area (Å²) in [7, 11) is 0. The van der Waals surface area contributed by atoms with Crippen LogP contribution in [-0.4, -0.2) is 33.9 Å². The Labute approximate surface area is 206 Å². The molecular formula is C28H20ClNO5. The molecule has 6 rings (SSSR count). The predicted molar refractivity (Wildman–Crippen MR) is 127 cm³/mol. The molecule has 0 N–H and O–H groups in total. The topological polar surface area (TPSA) is 80.8 Å². The third-order valence-electron chi connectivity index (χ3n) is 7.27. The molecule has 0 unspecified atom stereocenters. The number of hydrogen-bond acceptors (Lipinski definition) is 5. The van der Waals surface area contributed by atoms with E-state index < -0.39 is 46.9 Å². The average Bonchev–Trinajstić information content (AvgIpc) is 3.42. The van der Waals surface area contributed by atoms with Crippen molar-refractivity contribution >= 4 is 35.0 Å². The Hall–Kier alpha value is -3.61. The zero-order chi connectivity index (χ0) is 24.5. The van der Waals surface area contributed by atoms with Crippen LogP contribution in [0.4, 0.5) is 0 Å². The zero-order valence-corrected chi connectivity index (χ0v) is 19.5. The number of benzene rings is 3. The van der Waals surface area contributed by atoms with Gasteiger partial charge in [-0.3, -0.25) is 24.1 Å². The second-order valence-electron chi connectivity index (χ2n) is 9.28. The summed E-state index contributed by atoms with van der Waals surface area (Å²) in [5.74, 6) is -4.36. The van der Waals surface area contributed by atoms with Gasteiger partial charge in [0.15, 0.2) is 0 Å². The van der Waals surface area contributed by atoms with E-state index in [1.54, 1.807) is 48.5 Å². The highest BCUT2D eigenvalue weighted by atomic mass is 35.5. The first-order valence-corrected chi connectivity index (χ1v) is 11.7. The van der Waals surface area contributed by atoms with Gasteiger partial charge in [0, 0.05) is 16.1 Å². The second-order valence-corrected chi connectivity index (χ2v) is 9.72. The first kappa shape index (κ1) is 21.9. The van der Waals surface area contributed by atoms with Crippen molar-refractivity contribution in [3.8, 4) is 0 Å². The highest BCUT2D eigenvalue weighted by Gasteiger charge is 2.74. The minimum absolute atomic E-state index is 0.0217. The number of nitrogens with zero attached hydrogens (tertiary/aromatic N) is 1. The lowest BCUT2D eigenvalue weighted by molar-refractivity contribution is -0.145. The molecule has 2 heterocycles. The molecule has 1 spiro atoms. The molecule has 6 nitrogen and oxygen atoms in total. The molecule has 2 aliphatic heterocycles. The summed E-state index contributed by atoms with van der Waals surface area (Å²) in [5.41, 5.74) is 0.760. The van der Waals surface area contributed by atoms with Crippen LogP contribution in [0.5, 0.6) is 0 Å². The lowest BCUT2D eigenvalue weighted by Gasteiger charge is -2.27. The fourth-order valence-electron chi connectivity index (χ4n) is 5.56. The van der Waals surface area contributed by atoms with Gasteiger partial charge in [-0.15, -0.1) is 0 Å². The molecule has 2 fully saturated rings. The molecule has 3 aliphatic rings. The van der Waals surface area contributed by atoms with Crippen LogP contribution >= 0.6 is 11.6 Å². The van der Waals surface area contributed by atoms with Crippen molar-refractivity contribution in [3.63, 3.8) is 0 Å². The van der Waals surface area contributed by atoms with Gasteiger partial charge >= 0.3 is 0 Å². The fraction of sp³-hybridized carbons (Fsp3) is 0.214. The molecule has 3 atom stereocenters. The molecule has 0 bridgehead atoms. The molecule has 3 aromatic carbocycles. The largest absolute Gasteiger partial charge is 0.349 e. The van der Waals surface area contributed by atoms with E-state index in [2.05, 4.69) is 0 Å². The molecule has 2 amide bonds. The Morgan fingerprint density at radius 3 is 2.03 bits per heavy atom. The highest BCUT2D eigenvalue weighted by Crippen LogP contribution is 2.57. The Morgan fingerprint density at radius 2 is 1.43 bits per heavy atom. The number of hydrogen-bond donors (Lipinski definition) is 0. The molecule has 35 heavy (non-hydrogen) atoms. The number of fused-ring (bicyclic) bond motifs is 3. The van der Waals surface area contributed by atoms with Gasteiger partial charge in [0.25, 0.3) is 0 Å². The lowest BCUT2D eigenvalue weighted by Crippen LogP contribution is -2.50. The van der Waals surface area contributed by atoms with Gasteiger partial charge in [-0.25, -0.2) is 0 Å². The zero-order valence-electron chi connectivity index (χ0n) is 18.7. The van der Waals surface area contributed by atoms with Crippen molar-refractivity contribution in [1.29, 1.82) is 0 Å². The Bertz CT molecular complexity index is 1380. The molecular weight excluding hydrogens is 466 g/mol. The van der Waals surface area contributed by atoms with Crippen LogP contribution in [0, 0.1) is 18.8 Å². The summed E-state index contributed by atoms with van der Waals surface area (Å²) in [6.07, 6.45) is -0.908. The van der Waals surface area contributed by atoms with Crippen molar-refractivity contribution in [3.05, 3.63) is 106 Å². The molecule has 3 aromatic rings. The second kappa shape index (κ2) is 7.70. The van der Waals surface area contributed by atoms with Crippen molar-refractivity contribution in [2.24, 2.45) is 11.8 Å². The summed E-state index contributed by atoms with van der Waals surface area (Å²) in [6.45, 7) is 1.95. The van der Waals surface area contributed by atoms with Crippen LogP contribution in [0.2, 0.25) is 5.02 Å². The van der Waals surface area contributed by atoms with Crippen molar-refractivity contribution in [2.75, 3.05) is 0 Å². The number of likely N-dealkylation sites (tertiary alicyclic amines) is 1. The highest BCUT2D eigenvalue weighted by molar-refractivity contribution is 6.35. The molecule has 2 saturated heterocycles. The molecule has 174 valence electrons. The minimum Gasteiger partial charge on any atom is -0.349 e. The Kier molecular flexibility index (Phi) is 4.82. The number of amides is 2. The van der Waals surface area contributed by atoms with E-state index in [0.29, 0.717) is 16.1 Å². The normalized spacial score (nSPS) is 24.4. The summed E-state index contributed by atoms with van der Waals surface area (Å²) < 4.78 is 6.28. The van der Waals surface area contributed by atoms with Gasteiger partial charge in [0.05, 0.1) is 24.5 Å². The first-order chi connectivity index (χ1) is 16.8. The average molecular weight is 486 g/mol. The summed E-state index contributed by atoms with van der Waals surface area (Å²) in [4.78, 5) is 56.1. The number of carbonyl (C=O) groups excluding carboxylic acids is 4. The Morgan fingerprint density at radius 1 is 0.829 bits per heavy atom. The van der Waals surface area contributed by atoms with Crippen molar-refractivity contribution in [2.45, 2.75) is 25.2 Å². The fourth-order valence-corrected chi connectivity index (χ4v) is 5.69. The van der Waals surface area contributed by atoms with Crippen LogP contribution in [0.25, 0.3) is 0 Å². The van der Waals surface area contributed by atoms with E-state index in [1.807, 2.05) is 31.2 Å². The van der Waals surface area contributed by atoms with Gasteiger partial charge in [-0.1, -0.05) is 77.8 Å². The summed E-state index contributed by atoms with van der Waals surface area (Å²) in [6, 6.07) is 20.7. The van der Waals surface area contributed by atoms with E-state index in [4.69, 9.17) is 16.3 Å². The molecule has 7 heteroatoms. The van der Waals surface area contributed by atoms with E-state index in [9.17, 15) is 19.2 Å². The summed E-state index contributed by atoms with van der Waals surface area (Å²) >= 11 is 5.98. The molecule has 0 saturated carbocycles. The number of imide groups is 1. The van der Waals surface area contributed by atoms with E-state index in [-0.39, 0.29) is 17.7 Å². The third-order valence-corrected chi connectivity index (χ3v) is 7.52. The number of aryl methyl sites for hydroxylation is 1. The van der Waals surface area contributed by atoms with E-state index in [1.165, 1.54) is 0 Å². The quantitative estimate of drug-likeness (QED) is 0.407. The van der Waals surface area contributed by atoms with Gasteiger partial charge < -0.3 is 4.74 Å². The van der Waals surface area contributed by atoms with Gasteiger partial charge in [-0.2, -0.15) is 0 Å². The lowest BCUT2D eigenvalue weighted by atomic mass is 9.77. The van der Waals surface area contributed by atoms with Gasteiger partial charge in [0.1, 0.15) is 0 Å². The smallest absolute Gasteiger partial charge is 0.237 e. The summed E-state index contributed by atoms with van der Waals surface area (Å²) in [5, 5.41) is 0.538. The third kappa shape index (κ3) is 3.00. The number of ketones is 2. The van der Waals surface area contributed by atoms with Crippen LogP contribution in [0.1, 0.15) is 43.5 Å². The van der Waals surface area contributed by atoms with Gasteiger partial charge in [-0.05, 0) is 30.2 Å². The maximum atomic E-state index is 13.8. The van der Waals surface area contributed by atoms with Crippen LogP contribution in [0.3, 0.4) is 0 Å². The number of Topliss-reactive ketones (excluding diaryl/α,β-unsaturated/α-hetero) is 2. The number of halogens is 1. The minimum atomic E-state index is -2.05. The first-order valence-electron chi connectivity index (χ1n) is 11.4. The predicted octanol–water partition coefficient (Wildman–Crippen LogP) is 4.34. The van der Waals surface area contributed by atoms with Crippen LogP contribution < -0.4 is 0 Å². The standard InChI is InChI=1S/C28H20ClNO5/c1-15-6-10-17(11-7-15)23-21-22(27(34)30(26(21)33)14-16-8-12-18(29)13-9-16)28(35-23)24(31)19-4-2-3-5-20(19)25(28)32/h2-13,21-23H,14H2,1H3/t21-,22+,23+/m1/s1. The molecule has 0 aromatic heterocycles. The van der Waals surface area contributed by atoms with E-state index >= 15 is 0 Å².